The molecule has 1 amide bonds. The third-order valence-corrected chi connectivity index (χ3v) is 4.34. The van der Waals surface area contributed by atoms with Gasteiger partial charge in [0.05, 0.1) is 22.3 Å². The average molecular weight is 410 g/mol. The normalized spacial score (nSPS) is 10.7. The Morgan fingerprint density at radius 3 is 2.55 bits per heavy atom. The van der Waals surface area contributed by atoms with E-state index in [1.807, 2.05) is 18.2 Å². The molecule has 0 aliphatic rings. The summed E-state index contributed by atoms with van der Waals surface area (Å²) < 4.78 is 5.75. The van der Waals surface area contributed by atoms with Gasteiger partial charge in [0.1, 0.15) is 12.4 Å². The number of carbonyl (C=O) groups is 1. The maximum absolute atomic E-state index is 12.5. The maximum Gasteiger partial charge on any atom is 0.278 e. The molecule has 29 heavy (non-hydrogen) atoms. The SMILES string of the molecule is O=C(N/N=C/c1ccccc1[N+](=O)[O-])c1ccccc1OCc1ccccc1Cl. The number of nitrogens with one attached hydrogen (secondary N) is 1. The van der Waals surface area contributed by atoms with Crippen LogP contribution < -0.4 is 10.2 Å². The van der Waals surface area contributed by atoms with E-state index in [1.54, 1.807) is 42.5 Å². The van der Waals surface area contributed by atoms with Crippen molar-refractivity contribution in [3.63, 3.8) is 0 Å². The van der Waals surface area contributed by atoms with E-state index in [4.69, 9.17) is 16.3 Å². The molecular formula is C21H16ClN3O4. The average Bonchev–Trinajstić information content (AvgIpc) is 2.73. The molecule has 3 aromatic carbocycles. The summed E-state index contributed by atoms with van der Waals surface area (Å²) in [5.41, 5.74) is 3.61. The van der Waals surface area contributed by atoms with Crippen LogP contribution in [-0.4, -0.2) is 17.0 Å². The minimum atomic E-state index is -0.513. The van der Waals surface area contributed by atoms with Gasteiger partial charge in [-0.15, -0.1) is 0 Å². The number of halogens is 1. The Labute approximate surface area is 171 Å². The number of hydrazone groups is 1. The molecule has 0 aliphatic carbocycles. The number of rotatable bonds is 7. The van der Waals surface area contributed by atoms with Gasteiger partial charge in [-0.25, -0.2) is 5.43 Å². The Morgan fingerprint density at radius 2 is 1.76 bits per heavy atom. The van der Waals surface area contributed by atoms with E-state index < -0.39 is 10.8 Å². The minimum Gasteiger partial charge on any atom is -0.488 e. The van der Waals surface area contributed by atoms with Gasteiger partial charge in [0.2, 0.25) is 0 Å². The molecule has 3 rings (SSSR count). The summed E-state index contributed by atoms with van der Waals surface area (Å²) in [6.07, 6.45) is 1.23. The smallest absolute Gasteiger partial charge is 0.278 e. The standard InChI is InChI=1S/C21H16ClN3O4/c22-18-10-4-1-8-16(18)14-29-20-12-6-3-9-17(20)21(26)24-23-13-15-7-2-5-11-19(15)25(27)28/h1-13H,14H2,(H,24,26)/b23-13+. The van der Waals surface area contributed by atoms with Gasteiger partial charge in [-0.1, -0.05) is 54.1 Å². The summed E-state index contributed by atoms with van der Waals surface area (Å²) >= 11 is 6.13. The Bertz CT molecular complexity index is 1070. The van der Waals surface area contributed by atoms with E-state index in [1.165, 1.54) is 18.3 Å². The van der Waals surface area contributed by atoms with Crippen LogP contribution in [0.3, 0.4) is 0 Å². The van der Waals surface area contributed by atoms with E-state index in [9.17, 15) is 14.9 Å². The molecule has 146 valence electrons. The van der Waals surface area contributed by atoms with Crippen molar-refractivity contribution in [3.05, 3.63) is 105 Å². The lowest BCUT2D eigenvalue weighted by Gasteiger charge is -2.11. The van der Waals surface area contributed by atoms with Crippen LogP contribution in [0.25, 0.3) is 0 Å². The summed E-state index contributed by atoms with van der Waals surface area (Å²) in [5, 5.41) is 15.4. The van der Waals surface area contributed by atoms with Crippen LogP contribution in [-0.2, 0) is 6.61 Å². The second-order valence-corrected chi connectivity index (χ2v) is 6.30. The number of para-hydroxylation sites is 2. The van der Waals surface area contributed by atoms with Crippen LogP contribution in [0.5, 0.6) is 5.75 Å². The zero-order valence-corrected chi connectivity index (χ0v) is 15.9. The van der Waals surface area contributed by atoms with Gasteiger partial charge in [0.15, 0.2) is 0 Å². The molecule has 0 saturated heterocycles. The van der Waals surface area contributed by atoms with Crippen LogP contribution in [0.2, 0.25) is 5.02 Å². The lowest BCUT2D eigenvalue weighted by molar-refractivity contribution is -0.385. The van der Waals surface area contributed by atoms with Gasteiger partial charge in [0, 0.05) is 16.7 Å². The van der Waals surface area contributed by atoms with Crippen LogP contribution in [0.4, 0.5) is 5.69 Å². The summed E-state index contributed by atoms with van der Waals surface area (Å²) in [4.78, 5) is 23.0. The predicted molar refractivity (Wildman–Crippen MR) is 110 cm³/mol. The second-order valence-electron chi connectivity index (χ2n) is 5.89. The minimum absolute atomic E-state index is 0.103. The first-order valence-corrected chi connectivity index (χ1v) is 8.96. The lowest BCUT2D eigenvalue weighted by Crippen LogP contribution is -2.18. The molecule has 0 heterocycles. The molecule has 0 atom stereocenters. The Morgan fingerprint density at radius 1 is 1.07 bits per heavy atom. The summed E-state index contributed by atoms with van der Waals surface area (Å²) in [5.74, 6) is -0.139. The topological polar surface area (TPSA) is 93.8 Å². The van der Waals surface area contributed by atoms with E-state index in [2.05, 4.69) is 10.5 Å². The highest BCUT2D eigenvalue weighted by molar-refractivity contribution is 6.31. The zero-order chi connectivity index (χ0) is 20.6. The monoisotopic (exact) mass is 409 g/mol. The summed E-state index contributed by atoms with van der Waals surface area (Å²) in [6.45, 7) is 0.198. The first-order valence-electron chi connectivity index (χ1n) is 8.58. The number of hydrogen-bond donors (Lipinski definition) is 1. The number of nitro benzene ring substituents is 1. The molecule has 0 bridgehead atoms. The molecular weight excluding hydrogens is 394 g/mol. The fourth-order valence-electron chi connectivity index (χ4n) is 2.53. The predicted octanol–water partition coefficient (Wildman–Crippen LogP) is 4.59. The van der Waals surface area contributed by atoms with Gasteiger partial charge < -0.3 is 4.74 Å². The number of benzene rings is 3. The first-order chi connectivity index (χ1) is 14.1. The van der Waals surface area contributed by atoms with Crippen molar-refractivity contribution in [3.8, 4) is 5.75 Å². The molecule has 8 heteroatoms. The summed E-state index contributed by atoms with van der Waals surface area (Å²) in [6, 6.07) is 20.1. The molecule has 0 aliphatic heterocycles. The van der Waals surface area contributed by atoms with Gasteiger partial charge in [-0.2, -0.15) is 5.10 Å². The van der Waals surface area contributed by atoms with Gasteiger partial charge in [0.25, 0.3) is 11.6 Å². The highest BCUT2D eigenvalue weighted by Gasteiger charge is 2.13. The fraction of sp³-hybridized carbons (Fsp3) is 0.0476. The molecule has 0 unspecified atom stereocenters. The van der Waals surface area contributed by atoms with E-state index in [0.29, 0.717) is 10.8 Å². The van der Waals surface area contributed by atoms with Crippen molar-refractivity contribution in [2.45, 2.75) is 6.61 Å². The number of carbonyl (C=O) groups excluding carboxylic acids is 1. The van der Waals surface area contributed by atoms with Gasteiger partial charge in [-0.05, 0) is 24.3 Å². The van der Waals surface area contributed by atoms with Crippen LogP contribution >= 0.6 is 11.6 Å². The number of amides is 1. The van der Waals surface area contributed by atoms with E-state index in [-0.39, 0.29) is 23.4 Å². The first kappa shape index (κ1) is 20.0. The third-order valence-electron chi connectivity index (χ3n) is 3.98. The van der Waals surface area contributed by atoms with Crippen molar-refractivity contribution >= 4 is 29.4 Å². The molecule has 0 aromatic heterocycles. The van der Waals surface area contributed by atoms with E-state index >= 15 is 0 Å². The van der Waals surface area contributed by atoms with Crippen LogP contribution in [0, 0.1) is 10.1 Å². The molecule has 0 saturated carbocycles. The summed E-state index contributed by atoms with van der Waals surface area (Å²) in [7, 11) is 0. The van der Waals surface area contributed by atoms with Crippen molar-refractivity contribution < 1.29 is 14.5 Å². The van der Waals surface area contributed by atoms with Crippen LogP contribution in [0.15, 0.2) is 77.9 Å². The Hall–Kier alpha value is -3.71. The van der Waals surface area contributed by atoms with Crippen molar-refractivity contribution in [2.24, 2.45) is 5.10 Å². The Kier molecular flexibility index (Phi) is 6.55. The Balaban J connectivity index is 1.70. The molecule has 0 spiro atoms. The van der Waals surface area contributed by atoms with Crippen molar-refractivity contribution in [2.75, 3.05) is 0 Å². The molecule has 7 nitrogen and oxygen atoms in total. The van der Waals surface area contributed by atoms with Gasteiger partial charge >= 0.3 is 0 Å². The number of hydrogen-bond acceptors (Lipinski definition) is 5. The number of nitrogens with zero attached hydrogens (tertiary/aromatic N) is 2. The van der Waals surface area contributed by atoms with Crippen molar-refractivity contribution in [1.29, 1.82) is 0 Å². The highest BCUT2D eigenvalue weighted by atomic mass is 35.5. The zero-order valence-electron chi connectivity index (χ0n) is 15.1. The molecule has 0 radical (unpaired) electrons. The quantitative estimate of drug-likeness (QED) is 0.351. The fourth-order valence-corrected chi connectivity index (χ4v) is 2.72. The second kappa shape index (κ2) is 9.48. The number of nitro groups is 1. The maximum atomic E-state index is 12.5. The van der Waals surface area contributed by atoms with Crippen LogP contribution in [0.1, 0.15) is 21.5 Å². The van der Waals surface area contributed by atoms with Crippen molar-refractivity contribution in [1.82, 2.24) is 5.43 Å². The lowest BCUT2D eigenvalue weighted by atomic mass is 10.2. The van der Waals surface area contributed by atoms with E-state index in [0.717, 1.165) is 5.56 Å². The molecule has 1 N–H and O–H groups in total. The number of ether oxygens (including phenoxy) is 1. The van der Waals surface area contributed by atoms with Gasteiger partial charge in [-0.3, -0.25) is 14.9 Å². The molecule has 0 fully saturated rings. The highest BCUT2D eigenvalue weighted by Crippen LogP contribution is 2.22. The largest absolute Gasteiger partial charge is 0.488 e. The third kappa shape index (κ3) is 5.18. The molecule has 3 aromatic rings.